The van der Waals surface area contributed by atoms with Crippen LogP contribution in [0, 0.1) is 0 Å². The first kappa shape index (κ1) is 17.7. The number of rotatable bonds is 2. The molecule has 130 valence electrons. The van der Waals surface area contributed by atoms with Gasteiger partial charge in [-0.3, -0.25) is 0 Å². The zero-order chi connectivity index (χ0) is 18.0. The molecule has 6 rings (SSSR count). The molecule has 0 saturated carbocycles. The van der Waals surface area contributed by atoms with Gasteiger partial charge in [0.05, 0.1) is 7.47 Å². The van der Waals surface area contributed by atoms with Crippen molar-refractivity contribution in [1.82, 2.24) is 0 Å². The van der Waals surface area contributed by atoms with Gasteiger partial charge >= 0.3 is 0 Å². The van der Waals surface area contributed by atoms with Gasteiger partial charge < -0.3 is 0 Å². The van der Waals surface area contributed by atoms with Crippen LogP contribution in [-0.2, 0) is 0 Å². The molecule has 0 spiro atoms. The van der Waals surface area contributed by atoms with Crippen LogP contribution in [0.2, 0.25) is 0 Å². The van der Waals surface area contributed by atoms with Crippen molar-refractivity contribution in [3.05, 3.63) is 105 Å². The first-order chi connectivity index (χ1) is 12.6. The van der Waals surface area contributed by atoms with E-state index < -0.39 is 0 Å². The number of benzene rings is 3. The standard InChI is InChI=1S/C22H14Br4/c23-21(24)15-9-10-16(22(25)26)20-18-12-6-2-1-5-11(12)17(19(15)20)13-7-3-4-8-14(13)18/h1-10,17-18,21-22H. The minimum Gasteiger partial charge on any atom is -0.0712 e. The molecule has 0 aliphatic heterocycles. The van der Waals surface area contributed by atoms with Crippen LogP contribution in [0.25, 0.3) is 0 Å². The van der Waals surface area contributed by atoms with Gasteiger partial charge in [0.1, 0.15) is 0 Å². The summed E-state index contributed by atoms with van der Waals surface area (Å²) in [5.74, 6) is 0.572. The lowest BCUT2D eigenvalue weighted by molar-refractivity contribution is 0.741. The summed E-state index contributed by atoms with van der Waals surface area (Å²) in [6, 6.07) is 22.4. The van der Waals surface area contributed by atoms with E-state index in [0.29, 0.717) is 0 Å². The molecular weight excluding hydrogens is 584 g/mol. The van der Waals surface area contributed by atoms with Crippen molar-refractivity contribution in [2.75, 3.05) is 0 Å². The lowest BCUT2D eigenvalue weighted by Gasteiger charge is -2.44. The second kappa shape index (κ2) is 6.58. The first-order valence-corrected chi connectivity index (χ1v) is 12.2. The molecule has 0 N–H and O–H groups in total. The second-order valence-corrected chi connectivity index (χ2v) is 12.9. The van der Waals surface area contributed by atoms with Gasteiger partial charge in [-0.05, 0) is 44.5 Å². The molecule has 0 unspecified atom stereocenters. The summed E-state index contributed by atoms with van der Waals surface area (Å²) in [5.41, 5.74) is 11.3. The molecule has 3 aliphatic rings. The molecule has 0 nitrogen and oxygen atoms in total. The van der Waals surface area contributed by atoms with Crippen LogP contribution in [0.15, 0.2) is 60.7 Å². The molecule has 3 aromatic carbocycles. The van der Waals surface area contributed by atoms with E-state index in [4.69, 9.17) is 0 Å². The van der Waals surface area contributed by atoms with Crippen molar-refractivity contribution in [2.24, 2.45) is 0 Å². The number of hydrogen-bond acceptors (Lipinski definition) is 0. The highest BCUT2D eigenvalue weighted by Crippen LogP contribution is 2.59. The lowest BCUT2D eigenvalue weighted by atomic mass is 9.59. The van der Waals surface area contributed by atoms with Gasteiger partial charge in [-0.1, -0.05) is 124 Å². The summed E-state index contributed by atoms with van der Waals surface area (Å²) in [7, 11) is 0. The van der Waals surface area contributed by atoms with Crippen molar-refractivity contribution in [2.45, 2.75) is 19.3 Å². The van der Waals surface area contributed by atoms with Crippen molar-refractivity contribution in [3.8, 4) is 0 Å². The van der Waals surface area contributed by atoms with E-state index in [0.717, 1.165) is 0 Å². The quantitative estimate of drug-likeness (QED) is 0.180. The topological polar surface area (TPSA) is 0 Å². The summed E-state index contributed by atoms with van der Waals surface area (Å²) in [4.78, 5) is 0. The highest BCUT2D eigenvalue weighted by Gasteiger charge is 2.44. The molecular formula is C22H14Br4. The Morgan fingerprint density at radius 1 is 0.500 bits per heavy atom. The second-order valence-electron chi connectivity index (χ2n) is 6.80. The van der Waals surface area contributed by atoms with Crippen LogP contribution in [-0.4, -0.2) is 0 Å². The summed E-state index contributed by atoms with van der Waals surface area (Å²) in [6.07, 6.45) is 0. The van der Waals surface area contributed by atoms with Crippen LogP contribution in [0.5, 0.6) is 0 Å². The van der Waals surface area contributed by atoms with Crippen molar-refractivity contribution >= 4 is 63.7 Å². The van der Waals surface area contributed by atoms with Crippen LogP contribution in [0.1, 0.15) is 63.8 Å². The fourth-order valence-corrected chi connectivity index (χ4v) is 6.32. The minimum absolute atomic E-state index is 0.139. The van der Waals surface area contributed by atoms with Gasteiger partial charge in [-0.25, -0.2) is 0 Å². The minimum atomic E-state index is 0.139. The third-order valence-corrected chi connectivity index (χ3v) is 7.61. The summed E-state index contributed by atoms with van der Waals surface area (Å²) >= 11 is 15.1. The smallest absolute Gasteiger partial charge is 0.0712 e. The molecule has 3 aromatic rings. The van der Waals surface area contributed by atoms with Gasteiger partial charge in [0, 0.05) is 11.8 Å². The Morgan fingerprint density at radius 2 is 0.808 bits per heavy atom. The summed E-state index contributed by atoms with van der Waals surface area (Å²) in [5, 5.41) is 0. The van der Waals surface area contributed by atoms with Crippen molar-refractivity contribution in [1.29, 1.82) is 0 Å². The van der Waals surface area contributed by atoms with E-state index in [-0.39, 0.29) is 19.3 Å². The Balaban J connectivity index is 1.93. The van der Waals surface area contributed by atoms with E-state index >= 15 is 0 Å². The highest BCUT2D eigenvalue weighted by atomic mass is 79.9. The Hall–Kier alpha value is -0.420. The van der Waals surface area contributed by atoms with Crippen LogP contribution in [0.4, 0.5) is 0 Å². The van der Waals surface area contributed by atoms with E-state index in [1.807, 2.05) is 0 Å². The SMILES string of the molecule is BrC(Br)c1ccc(C(Br)Br)c2c1C1c3ccccc3C2c2ccccc21. The zero-order valence-corrected chi connectivity index (χ0v) is 19.9. The average Bonchev–Trinajstić information content (AvgIpc) is 2.66. The average molecular weight is 598 g/mol. The lowest BCUT2D eigenvalue weighted by Crippen LogP contribution is -2.29. The molecule has 0 heterocycles. The number of alkyl halides is 4. The number of halogens is 4. The van der Waals surface area contributed by atoms with Gasteiger partial charge in [-0.2, -0.15) is 0 Å². The molecule has 0 aromatic heterocycles. The fraction of sp³-hybridized carbons (Fsp3) is 0.182. The van der Waals surface area contributed by atoms with E-state index in [2.05, 4.69) is 124 Å². The Morgan fingerprint density at radius 3 is 1.08 bits per heavy atom. The molecule has 0 fully saturated rings. The normalized spacial score (nSPS) is 19.5. The number of hydrogen-bond donors (Lipinski definition) is 0. The zero-order valence-electron chi connectivity index (χ0n) is 13.6. The Bertz CT molecular complexity index is 894. The molecule has 0 amide bonds. The Labute approximate surface area is 186 Å². The van der Waals surface area contributed by atoms with Crippen LogP contribution >= 0.6 is 63.7 Å². The summed E-state index contributed by atoms with van der Waals surface area (Å²) in [6.45, 7) is 0. The van der Waals surface area contributed by atoms with Crippen LogP contribution < -0.4 is 0 Å². The van der Waals surface area contributed by atoms with Gasteiger partial charge in [-0.15, -0.1) is 0 Å². The van der Waals surface area contributed by atoms with E-state index in [1.54, 1.807) is 0 Å². The highest BCUT2D eigenvalue weighted by molar-refractivity contribution is 9.24. The molecule has 0 saturated heterocycles. The molecule has 0 atom stereocenters. The maximum Gasteiger partial charge on any atom is 0.0949 e. The van der Waals surface area contributed by atoms with Gasteiger partial charge in [0.25, 0.3) is 0 Å². The predicted octanol–water partition coefficient (Wildman–Crippen LogP) is 8.25. The predicted molar refractivity (Wildman–Crippen MR) is 122 cm³/mol. The fourth-order valence-electron chi connectivity index (χ4n) is 4.73. The molecule has 2 bridgehead atoms. The van der Waals surface area contributed by atoms with Gasteiger partial charge in [0.2, 0.25) is 0 Å². The molecule has 3 aliphatic carbocycles. The largest absolute Gasteiger partial charge is 0.0949 e. The monoisotopic (exact) mass is 594 g/mol. The molecule has 4 heteroatoms. The van der Waals surface area contributed by atoms with Crippen LogP contribution in [0.3, 0.4) is 0 Å². The summed E-state index contributed by atoms with van der Waals surface area (Å²) < 4.78 is 0.279. The van der Waals surface area contributed by atoms with Crippen molar-refractivity contribution < 1.29 is 0 Å². The van der Waals surface area contributed by atoms with E-state index in [1.165, 1.54) is 44.5 Å². The molecule has 26 heavy (non-hydrogen) atoms. The Kier molecular flexibility index (Phi) is 4.47. The first-order valence-electron chi connectivity index (χ1n) is 8.50. The van der Waals surface area contributed by atoms with Gasteiger partial charge in [0.15, 0.2) is 0 Å². The third-order valence-electron chi connectivity index (χ3n) is 5.64. The van der Waals surface area contributed by atoms with Crippen molar-refractivity contribution in [3.63, 3.8) is 0 Å². The maximum atomic E-state index is 3.77. The van der Waals surface area contributed by atoms with E-state index in [9.17, 15) is 0 Å². The third kappa shape index (κ3) is 2.41. The maximum absolute atomic E-state index is 3.77. The molecule has 0 radical (unpaired) electrons.